The molecule has 0 saturated carbocycles. The minimum absolute atomic E-state index is 0.0310. The zero-order valence-electron chi connectivity index (χ0n) is 15.3. The average molecular weight is 412 g/mol. The lowest BCUT2D eigenvalue weighted by Gasteiger charge is -2.39. The van der Waals surface area contributed by atoms with E-state index in [9.17, 15) is 18.0 Å². The van der Waals surface area contributed by atoms with Gasteiger partial charge in [0.1, 0.15) is 6.04 Å². The number of rotatable bonds is 3. The van der Waals surface area contributed by atoms with Crippen LogP contribution in [0.5, 0.6) is 0 Å². The van der Waals surface area contributed by atoms with Crippen LogP contribution in [0, 0.1) is 5.92 Å². The molecule has 1 amide bonds. The van der Waals surface area contributed by atoms with Gasteiger partial charge in [0.05, 0.1) is 12.0 Å². The Bertz CT molecular complexity index is 772. The molecule has 152 valence electrons. The number of piperidine rings is 1. The summed E-state index contributed by atoms with van der Waals surface area (Å²) in [6.45, 7) is 1.55. The average Bonchev–Trinajstić information content (AvgIpc) is 3.15. The third kappa shape index (κ3) is 3.75. The molecule has 1 aromatic carbocycles. The maximum Gasteiger partial charge on any atom is 0.391 e. The van der Waals surface area contributed by atoms with E-state index in [1.54, 1.807) is 0 Å². The van der Waals surface area contributed by atoms with Crippen LogP contribution in [0.3, 0.4) is 0 Å². The molecule has 28 heavy (non-hydrogen) atoms. The van der Waals surface area contributed by atoms with Gasteiger partial charge in [-0.3, -0.25) is 4.79 Å². The molecule has 3 saturated heterocycles. The Morgan fingerprint density at radius 3 is 2.68 bits per heavy atom. The zero-order chi connectivity index (χ0) is 19.9. The zero-order valence-corrected chi connectivity index (χ0v) is 16.1. The fourth-order valence-electron chi connectivity index (χ4n) is 4.54. The number of alkyl halides is 3. The van der Waals surface area contributed by atoms with Crippen molar-refractivity contribution in [3.8, 4) is 0 Å². The van der Waals surface area contributed by atoms with Crippen LogP contribution in [0.15, 0.2) is 24.3 Å². The maximum atomic E-state index is 13.2. The summed E-state index contributed by atoms with van der Waals surface area (Å²) in [5.74, 6) is -1.40. The van der Waals surface area contributed by atoms with Gasteiger partial charge in [-0.2, -0.15) is 13.2 Å². The Balaban J connectivity index is 1.56. The SMILES string of the molecule is O=C1NC(=S)N(Cc2ccccc2[C@H]2C[C@H](C(F)(F)F)CCN2)C2CCNC12. The lowest BCUT2D eigenvalue weighted by atomic mass is 9.86. The number of halogens is 3. The predicted octanol–water partition coefficient (Wildman–Crippen LogP) is 2.24. The lowest BCUT2D eigenvalue weighted by molar-refractivity contribution is -0.183. The van der Waals surface area contributed by atoms with Gasteiger partial charge in [0.2, 0.25) is 5.91 Å². The van der Waals surface area contributed by atoms with E-state index in [0.29, 0.717) is 18.2 Å². The van der Waals surface area contributed by atoms with Crippen LogP contribution in [0.1, 0.15) is 36.4 Å². The highest BCUT2D eigenvalue weighted by molar-refractivity contribution is 7.80. The number of nitrogens with one attached hydrogen (secondary N) is 3. The van der Waals surface area contributed by atoms with Crippen molar-refractivity contribution < 1.29 is 18.0 Å². The van der Waals surface area contributed by atoms with Crippen LogP contribution in [-0.2, 0) is 11.3 Å². The number of hydrogen-bond donors (Lipinski definition) is 3. The molecular formula is C19H23F3N4OS. The van der Waals surface area contributed by atoms with Crippen molar-refractivity contribution in [2.45, 2.75) is 50.1 Å². The van der Waals surface area contributed by atoms with Crippen LogP contribution < -0.4 is 16.0 Å². The summed E-state index contributed by atoms with van der Waals surface area (Å²) >= 11 is 5.40. The van der Waals surface area contributed by atoms with Crippen LogP contribution in [0.2, 0.25) is 0 Å². The molecule has 3 N–H and O–H groups in total. The smallest absolute Gasteiger partial charge is 0.339 e. The van der Waals surface area contributed by atoms with Gasteiger partial charge in [-0.05, 0) is 55.7 Å². The number of hydrogen-bond acceptors (Lipinski definition) is 4. The molecule has 4 atom stereocenters. The number of thiocarbonyl (C=S) groups is 1. The normalized spacial score (nSPS) is 30.9. The highest BCUT2D eigenvalue weighted by atomic mass is 32.1. The molecule has 2 unspecified atom stereocenters. The second kappa shape index (κ2) is 7.61. The summed E-state index contributed by atoms with van der Waals surface area (Å²) in [5.41, 5.74) is 1.81. The topological polar surface area (TPSA) is 56.4 Å². The van der Waals surface area contributed by atoms with E-state index >= 15 is 0 Å². The number of benzene rings is 1. The van der Waals surface area contributed by atoms with Gasteiger partial charge in [-0.1, -0.05) is 24.3 Å². The molecule has 3 aliphatic heterocycles. The second-order valence-corrected chi connectivity index (χ2v) is 8.07. The molecule has 5 nitrogen and oxygen atoms in total. The van der Waals surface area contributed by atoms with E-state index in [1.807, 2.05) is 29.2 Å². The predicted molar refractivity (Wildman–Crippen MR) is 102 cm³/mol. The first-order valence-corrected chi connectivity index (χ1v) is 9.98. The number of amides is 1. The van der Waals surface area contributed by atoms with Gasteiger partial charge >= 0.3 is 6.18 Å². The van der Waals surface area contributed by atoms with E-state index in [2.05, 4.69) is 16.0 Å². The van der Waals surface area contributed by atoms with Gasteiger partial charge in [-0.25, -0.2) is 0 Å². The number of fused-ring (bicyclic) bond motifs is 1. The minimum atomic E-state index is -4.17. The van der Waals surface area contributed by atoms with Crippen molar-refractivity contribution in [2.24, 2.45) is 5.92 Å². The van der Waals surface area contributed by atoms with Crippen molar-refractivity contribution in [3.63, 3.8) is 0 Å². The highest BCUT2D eigenvalue weighted by Gasteiger charge is 2.44. The molecule has 0 radical (unpaired) electrons. The second-order valence-electron chi connectivity index (χ2n) is 7.68. The summed E-state index contributed by atoms with van der Waals surface area (Å²) in [4.78, 5) is 14.1. The van der Waals surface area contributed by atoms with Crippen molar-refractivity contribution in [3.05, 3.63) is 35.4 Å². The quantitative estimate of drug-likeness (QED) is 0.665. The van der Waals surface area contributed by atoms with E-state index < -0.39 is 12.1 Å². The molecule has 0 aromatic heterocycles. The Hall–Kier alpha value is -1.71. The third-order valence-corrected chi connectivity index (χ3v) is 6.34. The Labute approximate surface area is 167 Å². The standard InChI is InChI=1S/C19H23F3N4OS/c20-19(21,22)12-5-7-23-14(9-12)13-4-2-1-3-11(13)10-26-15-6-8-24-16(15)17(27)25-18(26)28/h1-4,12,14-16,23-24H,5-10H2,(H,25,27,28)/t12-,14-,15?,16?/m1/s1. The minimum Gasteiger partial charge on any atom is -0.339 e. The summed E-state index contributed by atoms with van der Waals surface area (Å²) in [6, 6.07) is 6.89. The first-order valence-electron chi connectivity index (χ1n) is 9.57. The molecule has 0 spiro atoms. The fraction of sp³-hybridized carbons (Fsp3) is 0.579. The third-order valence-electron chi connectivity index (χ3n) is 6.00. The Morgan fingerprint density at radius 2 is 1.89 bits per heavy atom. The van der Waals surface area contributed by atoms with E-state index in [0.717, 1.165) is 24.1 Å². The monoisotopic (exact) mass is 412 g/mol. The molecule has 0 bridgehead atoms. The van der Waals surface area contributed by atoms with Gasteiger partial charge in [0.15, 0.2) is 5.11 Å². The fourth-order valence-corrected chi connectivity index (χ4v) is 4.84. The van der Waals surface area contributed by atoms with Crippen molar-refractivity contribution >= 4 is 23.2 Å². The van der Waals surface area contributed by atoms with E-state index in [-0.39, 0.29) is 36.9 Å². The van der Waals surface area contributed by atoms with Crippen molar-refractivity contribution in [1.29, 1.82) is 0 Å². The highest BCUT2D eigenvalue weighted by Crippen LogP contribution is 2.39. The van der Waals surface area contributed by atoms with E-state index in [4.69, 9.17) is 12.2 Å². The molecule has 3 fully saturated rings. The summed E-state index contributed by atoms with van der Waals surface area (Å²) in [5, 5.41) is 9.56. The van der Waals surface area contributed by atoms with Crippen molar-refractivity contribution in [1.82, 2.24) is 20.9 Å². The number of nitrogens with zero attached hydrogens (tertiary/aromatic N) is 1. The van der Waals surface area contributed by atoms with Crippen LogP contribution >= 0.6 is 12.2 Å². The first-order chi connectivity index (χ1) is 13.3. The molecule has 3 aliphatic rings. The lowest BCUT2D eigenvalue weighted by Crippen LogP contribution is -2.63. The molecule has 1 aromatic rings. The maximum absolute atomic E-state index is 13.2. The van der Waals surface area contributed by atoms with E-state index in [1.165, 1.54) is 0 Å². The molecule has 4 rings (SSSR count). The molecule has 3 heterocycles. The van der Waals surface area contributed by atoms with Gasteiger partial charge < -0.3 is 20.9 Å². The van der Waals surface area contributed by atoms with Gasteiger partial charge in [0.25, 0.3) is 0 Å². The van der Waals surface area contributed by atoms with Crippen LogP contribution in [0.25, 0.3) is 0 Å². The van der Waals surface area contributed by atoms with Gasteiger partial charge in [-0.15, -0.1) is 0 Å². The summed E-state index contributed by atoms with van der Waals surface area (Å²) in [7, 11) is 0. The van der Waals surface area contributed by atoms with Crippen LogP contribution in [0.4, 0.5) is 13.2 Å². The number of carbonyl (C=O) groups is 1. The van der Waals surface area contributed by atoms with Crippen molar-refractivity contribution in [2.75, 3.05) is 13.1 Å². The molecular weight excluding hydrogens is 389 g/mol. The van der Waals surface area contributed by atoms with Crippen LogP contribution in [-0.4, -0.2) is 47.3 Å². The first kappa shape index (κ1) is 19.6. The summed E-state index contributed by atoms with van der Waals surface area (Å²) in [6.07, 6.45) is -3.22. The molecule has 0 aliphatic carbocycles. The Morgan fingerprint density at radius 1 is 1.14 bits per heavy atom. The summed E-state index contributed by atoms with van der Waals surface area (Å²) < 4.78 is 39.7. The largest absolute Gasteiger partial charge is 0.391 e. The van der Waals surface area contributed by atoms with Gasteiger partial charge in [0, 0.05) is 12.6 Å². The Kier molecular flexibility index (Phi) is 5.32. The number of carbonyl (C=O) groups excluding carboxylic acids is 1. The molecule has 9 heteroatoms.